The number of hydrogen-bond acceptors (Lipinski definition) is 0. The van der Waals surface area contributed by atoms with Crippen molar-refractivity contribution in [3.63, 3.8) is 0 Å². The minimum absolute atomic E-state index is 0.000000000000000222. The van der Waals surface area contributed by atoms with E-state index in [1.807, 2.05) is 0 Å². The molecule has 0 aliphatic rings. The normalized spacial score (nSPS) is 16.2. The fourth-order valence-electron chi connectivity index (χ4n) is 5.40. The number of quaternary nitrogens is 4. The van der Waals surface area contributed by atoms with Crippen LogP contribution in [-0.2, 0) is 0 Å². The molecular weight excluding hydrogens is 212 g/mol. The second-order valence-corrected chi connectivity index (χ2v) is 8.65. The van der Waals surface area contributed by atoms with Gasteiger partial charge in [-0.15, -0.1) is 0 Å². The van der Waals surface area contributed by atoms with E-state index in [1.54, 1.807) is 0 Å². The van der Waals surface area contributed by atoms with Gasteiger partial charge in [-0.05, 0) is 0 Å². The van der Waals surface area contributed by atoms with Crippen molar-refractivity contribution >= 4 is 0 Å². The highest BCUT2D eigenvalue weighted by atomic mass is 15.8. The summed E-state index contributed by atoms with van der Waals surface area (Å²) in [6.45, 7) is 0. The van der Waals surface area contributed by atoms with Gasteiger partial charge in [0.1, 0.15) is 0 Å². The zero-order chi connectivity index (χ0) is 14.5. The van der Waals surface area contributed by atoms with Crippen molar-refractivity contribution in [2.24, 2.45) is 0 Å². The molecule has 4 heteroatoms. The van der Waals surface area contributed by atoms with Gasteiger partial charge < -0.3 is 0 Å². The quantitative estimate of drug-likeness (QED) is 0.500. The van der Waals surface area contributed by atoms with E-state index in [2.05, 4.69) is 84.6 Å². The van der Waals surface area contributed by atoms with Crippen molar-refractivity contribution in [2.75, 3.05) is 84.6 Å². The first-order chi connectivity index (χ1) is 7.00. The third-order valence-corrected chi connectivity index (χ3v) is 3.60. The van der Waals surface area contributed by atoms with Crippen LogP contribution in [0.5, 0.6) is 0 Å². The maximum atomic E-state index is 2.30. The summed E-state index contributed by atoms with van der Waals surface area (Å²) in [4.78, 5) is 0. The van der Waals surface area contributed by atoms with Gasteiger partial charge in [0.15, 0.2) is 0 Å². The lowest BCUT2D eigenvalue weighted by Crippen LogP contribution is -2.92. The number of nitrogens with zero attached hydrogens (tertiary/aromatic N) is 4. The highest BCUT2D eigenvalue weighted by Crippen LogP contribution is 2.38. The van der Waals surface area contributed by atoms with Crippen molar-refractivity contribution < 1.29 is 17.9 Å². The van der Waals surface area contributed by atoms with Gasteiger partial charge in [0.2, 0.25) is 0 Å². The average molecular weight is 248 g/mol. The summed E-state index contributed by atoms with van der Waals surface area (Å²) in [6, 6.07) is 0. The summed E-state index contributed by atoms with van der Waals surface area (Å²) < 4.78 is 3.62. The van der Waals surface area contributed by atoms with E-state index in [-0.39, 0.29) is 5.91 Å². The second kappa shape index (κ2) is 3.92. The molecule has 0 heterocycles. The van der Waals surface area contributed by atoms with Crippen LogP contribution >= 0.6 is 0 Å². The molecule has 0 atom stereocenters. The first kappa shape index (κ1) is 16.8. The highest BCUT2D eigenvalue weighted by molar-refractivity contribution is 4.43. The Hall–Kier alpha value is -0.160. The van der Waals surface area contributed by atoms with Crippen molar-refractivity contribution in [3.8, 4) is 0 Å². The molecule has 0 aromatic rings. The molecule has 0 aromatic heterocycles. The molecular formula is C13H36N4+4. The predicted octanol–water partition coefficient (Wildman–Crippen LogP) is 0.423. The topological polar surface area (TPSA) is 0 Å². The SMILES string of the molecule is C[N+](C)(C)C([N+](C)(C)C)([N+](C)(C)C)[N+](C)(C)C. The largest absolute Gasteiger partial charge is 0.477 e. The molecule has 0 spiro atoms. The van der Waals surface area contributed by atoms with E-state index >= 15 is 0 Å². The van der Waals surface area contributed by atoms with Crippen molar-refractivity contribution in [2.45, 2.75) is 5.91 Å². The van der Waals surface area contributed by atoms with E-state index in [0.717, 1.165) is 17.9 Å². The van der Waals surface area contributed by atoms with Gasteiger partial charge in [-0.1, -0.05) is 0 Å². The molecule has 17 heavy (non-hydrogen) atoms. The smallest absolute Gasteiger partial charge is 0.176 e. The molecule has 0 N–H and O–H groups in total. The Morgan fingerprint density at radius 3 is 0.471 bits per heavy atom. The lowest BCUT2D eigenvalue weighted by Gasteiger charge is -2.59. The minimum Gasteiger partial charge on any atom is -0.176 e. The van der Waals surface area contributed by atoms with Gasteiger partial charge in [0.05, 0.1) is 84.6 Å². The zero-order valence-corrected chi connectivity index (χ0v) is 14.3. The number of hydrogen-bond donors (Lipinski definition) is 0. The molecule has 0 bridgehead atoms. The van der Waals surface area contributed by atoms with Gasteiger partial charge in [0.25, 0.3) is 0 Å². The van der Waals surface area contributed by atoms with E-state index in [9.17, 15) is 0 Å². The molecule has 0 unspecified atom stereocenters. The van der Waals surface area contributed by atoms with Crippen molar-refractivity contribution in [1.82, 2.24) is 0 Å². The maximum Gasteiger partial charge on any atom is 0.477 e. The monoisotopic (exact) mass is 248 g/mol. The van der Waals surface area contributed by atoms with Crippen LogP contribution in [0, 0.1) is 0 Å². The summed E-state index contributed by atoms with van der Waals surface area (Å²) in [5, 5.41) is 0. The van der Waals surface area contributed by atoms with Gasteiger partial charge in [-0.3, -0.25) is 0 Å². The Morgan fingerprint density at radius 1 is 0.353 bits per heavy atom. The standard InChI is InChI=1S/C13H36N4/c1-14(2,3)13(15(4,5)6,16(7,8)9)17(10,11)12/h1-12H3/q+4. The van der Waals surface area contributed by atoms with Crippen LogP contribution in [0.15, 0.2) is 0 Å². The molecule has 0 fully saturated rings. The van der Waals surface area contributed by atoms with E-state index < -0.39 is 0 Å². The molecule has 4 nitrogen and oxygen atoms in total. The molecule has 0 aliphatic heterocycles. The Labute approximate surface area is 109 Å². The van der Waals surface area contributed by atoms with Crippen LogP contribution in [0.3, 0.4) is 0 Å². The van der Waals surface area contributed by atoms with Crippen molar-refractivity contribution in [3.05, 3.63) is 0 Å². The Morgan fingerprint density at radius 2 is 0.471 bits per heavy atom. The Balaban J connectivity index is 6.37. The predicted molar refractivity (Wildman–Crippen MR) is 74.9 cm³/mol. The maximum absolute atomic E-state index is 2.30. The molecule has 0 radical (unpaired) electrons. The number of rotatable bonds is 4. The van der Waals surface area contributed by atoms with Crippen LogP contribution in [-0.4, -0.2) is 108 Å². The summed E-state index contributed by atoms with van der Waals surface area (Å²) in [5.41, 5.74) is 0. The van der Waals surface area contributed by atoms with Gasteiger partial charge in [0, 0.05) is 0 Å². The first-order valence-corrected chi connectivity index (χ1v) is 6.26. The summed E-state index contributed by atoms with van der Waals surface area (Å²) in [7, 11) is 27.6. The molecule has 104 valence electrons. The lowest BCUT2D eigenvalue weighted by atomic mass is 10.2. The third kappa shape index (κ3) is 2.36. The fraction of sp³-hybridized carbons (Fsp3) is 1.00. The van der Waals surface area contributed by atoms with E-state index in [4.69, 9.17) is 0 Å². The van der Waals surface area contributed by atoms with Gasteiger partial charge >= 0.3 is 5.91 Å². The summed E-state index contributed by atoms with van der Waals surface area (Å²) >= 11 is 0. The first-order valence-electron chi connectivity index (χ1n) is 6.26. The minimum atomic E-state index is 0.000000000000000222. The molecule has 0 amide bonds. The molecule has 0 aliphatic carbocycles. The summed E-state index contributed by atoms with van der Waals surface area (Å²) in [5.74, 6) is 0.000000000000000222. The zero-order valence-electron chi connectivity index (χ0n) is 14.3. The molecule has 0 saturated heterocycles. The highest BCUT2D eigenvalue weighted by Gasteiger charge is 2.74. The third-order valence-electron chi connectivity index (χ3n) is 3.60. The average Bonchev–Trinajstić information content (AvgIpc) is 1.67. The van der Waals surface area contributed by atoms with Crippen LogP contribution in [0.2, 0.25) is 0 Å². The lowest BCUT2D eigenvalue weighted by molar-refractivity contribution is -1.42. The van der Waals surface area contributed by atoms with Crippen molar-refractivity contribution in [1.29, 1.82) is 0 Å². The molecule has 0 saturated carbocycles. The van der Waals surface area contributed by atoms with Crippen LogP contribution in [0.4, 0.5) is 0 Å². The summed E-state index contributed by atoms with van der Waals surface area (Å²) in [6.07, 6.45) is 0. The Kier molecular flexibility index (Phi) is 3.88. The second-order valence-electron chi connectivity index (χ2n) is 8.65. The van der Waals surface area contributed by atoms with Crippen LogP contribution in [0.1, 0.15) is 0 Å². The van der Waals surface area contributed by atoms with Crippen LogP contribution in [0.25, 0.3) is 0 Å². The van der Waals surface area contributed by atoms with Gasteiger partial charge in [-0.2, -0.15) is 17.9 Å². The molecule has 0 rings (SSSR count). The molecule has 0 aromatic carbocycles. The van der Waals surface area contributed by atoms with E-state index in [0.29, 0.717) is 0 Å². The van der Waals surface area contributed by atoms with E-state index in [1.165, 1.54) is 0 Å². The Bertz CT molecular complexity index is 206. The fourth-order valence-corrected chi connectivity index (χ4v) is 5.40. The van der Waals surface area contributed by atoms with Gasteiger partial charge in [-0.25, -0.2) is 0 Å². The van der Waals surface area contributed by atoms with Crippen LogP contribution < -0.4 is 0 Å².